The predicted molar refractivity (Wildman–Crippen MR) is 93.6 cm³/mol. The number of nitrogens with one attached hydrogen (secondary N) is 1. The minimum absolute atomic E-state index is 0.00824. The van der Waals surface area contributed by atoms with Crippen LogP contribution in [-0.4, -0.2) is 46.7 Å². The van der Waals surface area contributed by atoms with Gasteiger partial charge in [-0.15, -0.1) is 0 Å². The molecule has 3 amide bonds. The molecule has 7 heteroatoms. The first-order valence-corrected chi connectivity index (χ1v) is 9.08. The maximum absolute atomic E-state index is 12.8. The molecule has 1 aliphatic carbocycles. The minimum atomic E-state index is -0.952. The van der Waals surface area contributed by atoms with Gasteiger partial charge in [0.05, 0.1) is 6.54 Å². The number of hydrogen-bond donors (Lipinski definition) is 2. The Bertz CT molecular complexity index is 626. The fourth-order valence-electron chi connectivity index (χ4n) is 3.50. The maximum Gasteiger partial charge on any atom is 0.325 e. The fraction of sp³-hybridized carbons (Fsp3) is 0.556. The molecule has 0 radical (unpaired) electrons. The van der Waals surface area contributed by atoms with E-state index in [4.69, 9.17) is 16.3 Å². The first-order valence-electron chi connectivity index (χ1n) is 8.71. The highest BCUT2D eigenvalue weighted by atomic mass is 35.5. The molecule has 1 spiro atoms. The van der Waals surface area contributed by atoms with E-state index in [1.807, 2.05) is 0 Å². The number of hydrogen-bond acceptors (Lipinski definition) is 4. The SMILES string of the molecule is O=C1NC2(CCCCCC2)C(=O)N1CC(O)COc1ccc(Cl)cc1. The zero-order valence-electron chi connectivity index (χ0n) is 14.0. The number of aliphatic hydroxyl groups is 1. The van der Waals surface area contributed by atoms with Crippen LogP contribution in [0.2, 0.25) is 5.02 Å². The summed E-state index contributed by atoms with van der Waals surface area (Å²) < 4.78 is 5.48. The summed E-state index contributed by atoms with van der Waals surface area (Å²) in [5, 5.41) is 13.6. The molecule has 2 fully saturated rings. The third kappa shape index (κ3) is 4.07. The molecule has 1 heterocycles. The fourth-order valence-corrected chi connectivity index (χ4v) is 3.63. The summed E-state index contributed by atoms with van der Waals surface area (Å²) in [5.74, 6) is 0.353. The van der Waals surface area contributed by atoms with Gasteiger partial charge >= 0.3 is 6.03 Å². The van der Waals surface area contributed by atoms with E-state index in [0.717, 1.165) is 30.6 Å². The smallest absolute Gasteiger partial charge is 0.325 e. The second kappa shape index (κ2) is 7.62. The zero-order chi connectivity index (χ0) is 17.9. The summed E-state index contributed by atoms with van der Waals surface area (Å²) in [6.07, 6.45) is 4.43. The van der Waals surface area contributed by atoms with Crippen LogP contribution in [0.4, 0.5) is 4.79 Å². The van der Waals surface area contributed by atoms with Gasteiger partial charge in [-0.2, -0.15) is 0 Å². The minimum Gasteiger partial charge on any atom is -0.491 e. The van der Waals surface area contributed by atoms with Crippen molar-refractivity contribution in [1.29, 1.82) is 0 Å². The predicted octanol–water partition coefficient (Wildman–Crippen LogP) is 2.72. The van der Waals surface area contributed by atoms with E-state index in [-0.39, 0.29) is 19.1 Å². The second-order valence-corrected chi connectivity index (χ2v) is 7.20. The quantitative estimate of drug-likeness (QED) is 0.785. The highest BCUT2D eigenvalue weighted by molar-refractivity contribution is 6.30. The maximum atomic E-state index is 12.8. The molecule has 0 bridgehead atoms. The van der Waals surface area contributed by atoms with Gasteiger partial charge in [-0.1, -0.05) is 37.3 Å². The molecule has 1 aromatic carbocycles. The molecule has 2 N–H and O–H groups in total. The van der Waals surface area contributed by atoms with Crippen molar-refractivity contribution in [3.63, 3.8) is 0 Å². The molecular weight excluding hydrogens is 344 g/mol. The lowest BCUT2D eigenvalue weighted by Gasteiger charge is -2.25. The molecule has 2 aliphatic rings. The monoisotopic (exact) mass is 366 g/mol. The Hall–Kier alpha value is -1.79. The van der Waals surface area contributed by atoms with Crippen molar-refractivity contribution < 1.29 is 19.4 Å². The molecule has 0 aromatic heterocycles. The molecule has 1 aromatic rings. The molecule has 1 saturated heterocycles. The number of benzene rings is 1. The van der Waals surface area contributed by atoms with Gasteiger partial charge in [0.2, 0.25) is 0 Å². The number of halogens is 1. The van der Waals surface area contributed by atoms with Gasteiger partial charge in [0.1, 0.15) is 24.0 Å². The number of rotatable bonds is 5. The second-order valence-electron chi connectivity index (χ2n) is 6.76. The molecule has 3 rings (SSSR count). The van der Waals surface area contributed by atoms with Crippen LogP contribution in [0.1, 0.15) is 38.5 Å². The molecular formula is C18H23ClN2O4. The highest BCUT2D eigenvalue weighted by Crippen LogP contribution is 2.32. The van der Waals surface area contributed by atoms with Gasteiger partial charge in [-0.25, -0.2) is 4.79 Å². The summed E-state index contributed by atoms with van der Waals surface area (Å²) in [5.41, 5.74) is -0.773. The van der Waals surface area contributed by atoms with E-state index < -0.39 is 17.7 Å². The summed E-state index contributed by atoms with van der Waals surface area (Å²) in [7, 11) is 0. The average Bonchev–Trinajstić information content (AvgIpc) is 2.76. The standard InChI is InChI=1S/C18H23ClN2O4/c19-13-5-7-15(8-6-13)25-12-14(22)11-21-16(23)18(20-17(21)24)9-3-1-2-4-10-18/h5-8,14,22H,1-4,9-12H2,(H,20,24). The van der Waals surface area contributed by atoms with Crippen molar-refractivity contribution in [3.8, 4) is 5.75 Å². The average molecular weight is 367 g/mol. The molecule has 1 atom stereocenters. The number of β-amino-alcohol motifs (C(OH)–C–C–N with tert-alkyl or cyclic N) is 1. The summed E-state index contributed by atoms with van der Waals surface area (Å²) in [4.78, 5) is 26.1. The largest absolute Gasteiger partial charge is 0.491 e. The van der Waals surface area contributed by atoms with E-state index >= 15 is 0 Å². The van der Waals surface area contributed by atoms with Crippen molar-refractivity contribution in [2.24, 2.45) is 0 Å². The van der Waals surface area contributed by atoms with E-state index in [0.29, 0.717) is 23.6 Å². The zero-order valence-corrected chi connectivity index (χ0v) is 14.8. The summed E-state index contributed by atoms with van der Waals surface area (Å²) >= 11 is 5.81. The molecule has 1 unspecified atom stereocenters. The number of amides is 3. The highest BCUT2D eigenvalue weighted by Gasteiger charge is 2.50. The number of ether oxygens (including phenoxy) is 1. The Kier molecular flexibility index (Phi) is 5.49. The molecule has 6 nitrogen and oxygen atoms in total. The summed E-state index contributed by atoms with van der Waals surface area (Å²) in [6.45, 7) is -0.0777. The number of carbonyl (C=O) groups excluding carboxylic acids is 2. The van der Waals surface area contributed by atoms with Crippen molar-refractivity contribution in [2.75, 3.05) is 13.2 Å². The van der Waals surface area contributed by atoms with Crippen LogP contribution < -0.4 is 10.1 Å². The van der Waals surface area contributed by atoms with Gasteiger partial charge in [-0.3, -0.25) is 9.69 Å². The van der Waals surface area contributed by atoms with Crippen LogP contribution in [0.3, 0.4) is 0 Å². The van der Waals surface area contributed by atoms with Crippen molar-refractivity contribution in [1.82, 2.24) is 10.2 Å². The Labute approximate surface area is 152 Å². The normalized spacial score (nSPS) is 21.1. The van der Waals surface area contributed by atoms with Crippen molar-refractivity contribution in [2.45, 2.75) is 50.2 Å². The number of imide groups is 1. The third-order valence-corrected chi connectivity index (χ3v) is 5.10. The van der Waals surface area contributed by atoms with Gasteiger partial charge < -0.3 is 15.2 Å². The van der Waals surface area contributed by atoms with E-state index in [2.05, 4.69) is 5.32 Å². The lowest BCUT2D eigenvalue weighted by molar-refractivity contribution is -0.132. The number of aliphatic hydroxyl groups excluding tert-OH is 1. The van der Waals surface area contributed by atoms with Crippen molar-refractivity contribution in [3.05, 3.63) is 29.3 Å². The van der Waals surface area contributed by atoms with E-state index in [1.165, 1.54) is 0 Å². The number of urea groups is 1. The van der Waals surface area contributed by atoms with Gasteiger partial charge in [-0.05, 0) is 37.1 Å². The Morgan fingerprint density at radius 3 is 2.44 bits per heavy atom. The van der Waals surface area contributed by atoms with Crippen LogP contribution in [0.15, 0.2) is 24.3 Å². The first kappa shape index (κ1) is 18.0. The van der Waals surface area contributed by atoms with Crippen LogP contribution in [0.5, 0.6) is 5.75 Å². The van der Waals surface area contributed by atoms with Gasteiger partial charge in [0, 0.05) is 5.02 Å². The Balaban J connectivity index is 1.57. The lowest BCUT2D eigenvalue weighted by atomic mass is 9.90. The van der Waals surface area contributed by atoms with Gasteiger partial charge in [0.15, 0.2) is 0 Å². The van der Waals surface area contributed by atoms with Crippen LogP contribution in [-0.2, 0) is 4.79 Å². The molecule has 1 aliphatic heterocycles. The lowest BCUT2D eigenvalue weighted by Crippen LogP contribution is -2.47. The van der Waals surface area contributed by atoms with Crippen LogP contribution >= 0.6 is 11.6 Å². The Morgan fingerprint density at radius 2 is 1.80 bits per heavy atom. The molecule has 25 heavy (non-hydrogen) atoms. The van der Waals surface area contributed by atoms with E-state index in [1.54, 1.807) is 24.3 Å². The molecule has 136 valence electrons. The Morgan fingerprint density at radius 1 is 1.16 bits per heavy atom. The molecule has 1 saturated carbocycles. The first-order chi connectivity index (χ1) is 12.0. The van der Waals surface area contributed by atoms with Gasteiger partial charge in [0.25, 0.3) is 5.91 Å². The topological polar surface area (TPSA) is 78.9 Å². The number of nitrogens with zero attached hydrogens (tertiary/aromatic N) is 1. The van der Waals surface area contributed by atoms with Crippen LogP contribution in [0.25, 0.3) is 0 Å². The van der Waals surface area contributed by atoms with Crippen LogP contribution in [0, 0.1) is 0 Å². The number of carbonyl (C=O) groups is 2. The van der Waals surface area contributed by atoms with Crippen molar-refractivity contribution >= 4 is 23.5 Å². The summed E-state index contributed by atoms with van der Waals surface area (Å²) in [6, 6.07) is 6.36. The van der Waals surface area contributed by atoms with E-state index in [9.17, 15) is 14.7 Å². The third-order valence-electron chi connectivity index (χ3n) is 4.85.